The molecule has 0 unspecified atom stereocenters. The van der Waals surface area contributed by atoms with E-state index in [4.69, 9.17) is 11.6 Å². The van der Waals surface area contributed by atoms with Gasteiger partial charge in [0.05, 0.1) is 11.9 Å². The molecule has 1 heterocycles. The van der Waals surface area contributed by atoms with Gasteiger partial charge in [-0.05, 0) is 28.5 Å². The number of hydrogen-bond donors (Lipinski definition) is 1. The molecule has 0 saturated heterocycles. The third-order valence-electron chi connectivity index (χ3n) is 3.97. The Balaban J connectivity index is 1.70. The number of aromatic nitrogens is 2. The van der Waals surface area contributed by atoms with Crippen LogP contribution < -0.4 is 0 Å². The maximum atomic E-state index is 6.05. The highest BCUT2D eigenvalue weighted by Gasteiger charge is 2.07. The predicted octanol–water partition coefficient (Wildman–Crippen LogP) is 5.47. The Morgan fingerprint density at radius 3 is 2.65 bits per heavy atom. The topological polar surface area (TPSA) is 28.7 Å². The second-order valence-electron chi connectivity index (χ2n) is 5.58. The van der Waals surface area contributed by atoms with Gasteiger partial charge in [0.15, 0.2) is 0 Å². The molecule has 23 heavy (non-hydrogen) atoms. The molecular formula is C20H15ClN2. The van der Waals surface area contributed by atoms with Crippen LogP contribution in [0.5, 0.6) is 0 Å². The Hall–Kier alpha value is -2.58. The molecule has 0 spiro atoms. The number of fused-ring (bicyclic) bond motifs is 1. The Bertz CT molecular complexity index is 967. The number of nitrogens with zero attached hydrogens (tertiary/aromatic N) is 1. The number of H-pyrrole nitrogens is 1. The molecule has 0 amide bonds. The van der Waals surface area contributed by atoms with Crippen LogP contribution >= 0.6 is 11.6 Å². The van der Waals surface area contributed by atoms with E-state index in [1.165, 1.54) is 16.3 Å². The van der Waals surface area contributed by atoms with Gasteiger partial charge in [0, 0.05) is 17.0 Å². The van der Waals surface area contributed by atoms with Crippen LogP contribution in [0.15, 0.2) is 72.9 Å². The van der Waals surface area contributed by atoms with E-state index in [1.54, 1.807) is 0 Å². The fraction of sp³-hybridized carbons (Fsp3) is 0.0500. The van der Waals surface area contributed by atoms with E-state index in [0.29, 0.717) is 0 Å². The SMILES string of the molecule is Clc1cccc(Cc2ncc(-c3cccc4ccccc34)[nH]2)c1. The third kappa shape index (κ3) is 2.86. The monoisotopic (exact) mass is 318 g/mol. The summed E-state index contributed by atoms with van der Waals surface area (Å²) in [6.45, 7) is 0. The summed E-state index contributed by atoms with van der Waals surface area (Å²) in [5, 5.41) is 3.22. The Labute approximate surface area is 139 Å². The summed E-state index contributed by atoms with van der Waals surface area (Å²) in [5.74, 6) is 0.940. The molecular weight excluding hydrogens is 304 g/mol. The third-order valence-corrected chi connectivity index (χ3v) is 4.20. The number of imidazole rings is 1. The lowest BCUT2D eigenvalue weighted by atomic mass is 10.0. The molecule has 3 heteroatoms. The highest BCUT2D eigenvalue weighted by Crippen LogP contribution is 2.27. The van der Waals surface area contributed by atoms with Crippen molar-refractivity contribution < 1.29 is 0 Å². The second-order valence-corrected chi connectivity index (χ2v) is 6.01. The summed E-state index contributed by atoms with van der Waals surface area (Å²) in [5.41, 5.74) is 3.36. The quantitative estimate of drug-likeness (QED) is 0.533. The number of benzene rings is 3. The average molecular weight is 319 g/mol. The highest BCUT2D eigenvalue weighted by atomic mass is 35.5. The van der Waals surface area contributed by atoms with Gasteiger partial charge in [0.1, 0.15) is 5.82 Å². The first-order valence-corrected chi connectivity index (χ1v) is 7.94. The molecule has 0 bridgehead atoms. The van der Waals surface area contributed by atoms with Gasteiger partial charge < -0.3 is 4.98 Å². The zero-order chi connectivity index (χ0) is 15.6. The van der Waals surface area contributed by atoms with Gasteiger partial charge in [-0.25, -0.2) is 4.98 Å². The number of aromatic amines is 1. The van der Waals surface area contributed by atoms with Crippen LogP contribution in [0.1, 0.15) is 11.4 Å². The van der Waals surface area contributed by atoms with Crippen molar-refractivity contribution in [3.63, 3.8) is 0 Å². The average Bonchev–Trinajstić information content (AvgIpc) is 3.02. The number of hydrogen-bond acceptors (Lipinski definition) is 1. The predicted molar refractivity (Wildman–Crippen MR) is 95.8 cm³/mol. The van der Waals surface area contributed by atoms with Crippen molar-refractivity contribution in [1.29, 1.82) is 0 Å². The summed E-state index contributed by atoms with van der Waals surface area (Å²) < 4.78 is 0. The van der Waals surface area contributed by atoms with Crippen LogP contribution in [0.4, 0.5) is 0 Å². The van der Waals surface area contributed by atoms with E-state index in [-0.39, 0.29) is 0 Å². The number of halogens is 1. The van der Waals surface area contributed by atoms with Crippen LogP contribution in [-0.4, -0.2) is 9.97 Å². The van der Waals surface area contributed by atoms with Gasteiger partial charge in [-0.3, -0.25) is 0 Å². The van der Waals surface area contributed by atoms with Crippen molar-refractivity contribution >= 4 is 22.4 Å². The van der Waals surface area contributed by atoms with Gasteiger partial charge in [-0.15, -0.1) is 0 Å². The van der Waals surface area contributed by atoms with Crippen molar-refractivity contribution in [1.82, 2.24) is 9.97 Å². The van der Waals surface area contributed by atoms with Gasteiger partial charge in [0.2, 0.25) is 0 Å². The maximum absolute atomic E-state index is 6.05. The molecule has 0 aliphatic rings. The molecule has 1 N–H and O–H groups in total. The first-order valence-electron chi connectivity index (χ1n) is 7.56. The van der Waals surface area contributed by atoms with Gasteiger partial charge in [0.25, 0.3) is 0 Å². The normalized spacial score (nSPS) is 11.0. The molecule has 112 valence electrons. The van der Waals surface area contributed by atoms with Crippen LogP contribution in [0.2, 0.25) is 5.02 Å². The lowest BCUT2D eigenvalue weighted by Gasteiger charge is -2.04. The fourth-order valence-corrected chi connectivity index (χ4v) is 3.10. The minimum absolute atomic E-state index is 0.741. The Morgan fingerprint density at radius 2 is 1.74 bits per heavy atom. The minimum atomic E-state index is 0.741. The first-order chi connectivity index (χ1) is 11.3. The smallest absolute Gasteiger partial charge is 0.110 e. The summed E-state index contributed by atoms with van der Waals surface area (Å²) >= 11 is 6.05. The van der Waals surface area contributed by atoms with Gasteiger partial charge in [-0.2, -0.15) is 0 Å². The van der Waals surface area contributed by atoms with Crippen molar-refractivity contribution in [2.45, 2.75) is 6.42 Å². The van der Waals surface area contributed by atoms with Crippen LogP contribution in [0, 0.1) is 0 Å². The van der Waals surface area contributed by atoms with Crippen molar-refractivity contribution in [2.24, 2.45) is 0 Å². The zero-order valence-electron chi connectivity index (χ0n) is 12.5. The Kier molecular flexibility index (Phi) is 3.60. The summed E-state index contributed by atoms with van der Waals surface area (Å²) in [4.78, 5) is 7.96. The molecule has 3 aromatic carbocycles. The molecule has 0 atom stereocenters. The van der Waals surface area contributed by atoms with Crippen molar-refractivity contribution in [3.8, 4) is 11.3 Å². The largest absolute Gasteiger partial charge is 0.342 e. The molecule has 0 saturated carbocycles. The van der Waals surface area contributed by atoms with Gasteiger partial charge in [-0.1, -0.05) is 66.2 Å². The van der Waals surface area contributed by atoms with Crippen LogP contribution in [-0.2, 0) is 6.42 Å². The second kappa shape index (κ2) is 5.90. The van der Waals surface area contributed by atoms with E-state index in [9.17, 15) is 0 Å². The van der Waals surface area contributed by atoms with Crippen LogP contribution in [0.3, 0.4) is 0 Å². The minimum Gasteiger partial charge on any atom is -0.342 e. The molecule has 0 fully saturated rings. The standard InChI is InChI=1S/C20H15ClN2/c21-16-8-3-5-14(11-16)12-20-22-13-19(23-20)18-10-4-7-15-6-1-2-9-17(15)18/h1-11,13H,12H2,(H,22,23). The van der Waals surface area contributed by atoms with Crippen molar-refractivity contribution in [2.75, 3.05) is 0 Å². The van der Waals surface area contributed by atoms with E-state index in [2.05, 4.69) is 58.5 Å². The van der Waals surface area contributed by atoms with Gasteiger partial charge >= 0.3 is 0 Å². The molecule has 0 aliphatic heterocycles. The van der Waals surface area contributed by atoms with Crippen LogP contribution in [0.25, 0.3) is 22.0 Å². The summed E-state index contributed by atoms with van der Waals surface area (Å²) in [6.07, 6.45) is 2.65. The Morgan fingerprint density at radius 1 is 0.913 bits per heavy atom. The van der Waals surface area contributed by atoms with E-state index < -0.39 is 0 Å². The van der Waals surface area contributed by atoms with E-state index in [1.807, 2.05) is 24.4 Å². The highest BCUT2D eigenvalue weighted by molar-refractivity contribution is 6.30. The molecule has 4 rings (SSSR count). The molecule has 2 nitrogen and oxygen atoms in total. The maximum Gasteiger partial charge on any atom is 0.110 e. The molecule has 0 radical (unpaired) electrons. The first kappa shape index (κ1) is 14.0. The molecule has 4 aromatic rings. The van der Waals surface area contributed by atoms with Crippen molar-refractivity contribution in [3.05, 3.63) is 89.3 Å². The molecule has 0 aliphatic carbocycles. The van der Waals surface area contributed by atoms with E-state index >= 15 is 0 Å². The summed E-state index contributed by atoms with van der Waals surface area (Å²) in [6, 6.07) is 22.6. The summed E-state index contributed by atoms with van der Waals surface area (Å²) in [7, 11) is 0. The van der Waals surface area contributed by atoms with E-state index in [0.717, 1.165) is 28.5 Å². The zero-order valence-corrected chi connectivity index (χ0v) is 13.2. The molecule has 1 aromatic heterocycles. The lowest BCUT2D eigenvalue weighted by molar-refractivity contribution is 1.03. The lowest BCUT2D eigenvalue weighted by Crippen LogP contribution is -1.90. The number of nitrogens with one attached hydrogen (secondary N) is 1. The number of rotatable bonds is 3. The fourth-order valence-electron chi connectivity index (χ4n) is 2.89.